The van der Waals surface area contributed by atoms with Gasteiger partial charge < -0.3 is 5.32 Å². The Morgan fingerprint density at radius 3 is 2.44 bits per heavy atom. The Hall–Kier alpha value is -2.95. The molecule has 0 spiro atoms. The number of carbonyl (C=O) groups is 1. The van der Waals surface area contributed by atoms with Crippen LogP contribution in [0, 0.1) is 0 Å². The van der Waals surface area contributed by atoms with E-state index in [1.165, 1.54) is 0 Å². The molecular weight excluding hydrogens is 312 g/mol. The number of hydrogen-bond acceptors (Lipinski definition) is 3. The van der Waals surface area contributed by atoms with Gasteiger partial charge in [-0.2, -0.15) is 5.10 Å². The summed E-state index contributed by atoms with van der Waals surface area (Å²) in [6.07, 6.45) is 5.37. The Morgan fingerprint density at radius 2 is 1.84 bits per heavy atom. The summed E-state index contributed by atoms with van der Waals surface area (Å²) >= 11 is 0. The van der Waals surface area contributed by atoms with Gasteiger partial charge in [0.25, 0.3) is 5.91 Å². The van der Waals surface area contributed by atoms with Crippen LogP contribution >= 0.6 is 0 Å². The highest BCUT2D eigenvalue weighted by Crippen LogP contribution is 2.20. The van der Waals surface area contributed by atoms with Gasteiger partial charge in [-0.05, 0) is 38.5 Å². The standard InChI is InChI=1S/C20H22N4O/c1-20(2,3)24-14-17(13-23-24)18-10-9-16(12-21-18)19(25)22-11-15-7-5-4-6-8-15/h4-10,12-14H,11H2,1-3H3,(H,22,25). The minimum Gasteiger partial charge on any atom is -0.348 e. The first-order valence-corrected chi connectivity index (χ1v) is 8.27. The number of amides is 1. The molecule has 1 aromatic carbocycles. The van der Waals surface area contributed by atoms with Gasteiger partial charge in [-0.25, -0.2) is 0 Å². The SMILES string of the molecule is CC(C)(C)n1cc(-c2ccc(C(=O)NCc3ccccc3)cn2)cn1. The molecule has 0 saturated heterocycles. The molecule has 0 aliphatic heterocycles. The highest BCUT2D eigenvalue weighted by Gasteiger charge is 2.15. The maximum atomic E-state index is 12.2. The Kier molecular flexibility index (Phi) is 4.65. The normalized spacial score (nSPS) is 11.3. The van der Waals surface area contributed by atoms with Crippen molar-refractivity contribution < 1.29 is 4.79 Å². The van der Waals surface area contributed by atoms with Gasteiger partial charge in [0.15, 0.2) is 0 Å². The van der Waals surface area contributed by atoms with Gasteiger partial charge in [0.2, 0.25) is 0 Å². The van der Waals surface area contributed by atoms with Gasteiger partial charge in [0, 0.05) is 24.5 Å². The monoisotopic (exact) mass is 334 g/mol. The second kappa shape index (κ2) is 6.89. The smallest absolute Gasteiger partial charge is 0.253 e. The van der Waals surface area contributed by atoms with E-state index in [0.29, 0.717) is 12.1 Å². The highest BCUT2D eigenvalue weighted by molar-refractivity contribution is 5.94. The number of carbonyl (C=O) groups excluding carboxylic acids is 1. The van der Waals surface area contributed by atoms with Crippen LogP contribution in [0.3, 0.4) is 0 Å². The first-order valence-electron chi connectivity index (χ1n) is 8.27. The first kappa shape index (κ1) is 16.9. The zero-order valence-electron chi connectivity index (χ0n) is 14.7. The lowest BCUT2D eigenvalue weighted by Crippen LogP contribution is -2.22. The highest BCUT2D eigenvalue weighted by atomic mass is 16.1. The molecule has 1 amide bonds. The maximum Gasteiger partial charge on any atom is 0.253 e. The van der Waals surface area contributed by atoms with E-state index in [0.717, 1.165) is 16.8 Å². The molecule has 0 aliphatic carbocycles. The van der Waals surface area contributed by atoms with Crippen LogP contribution in [0.25, 0.3) is 11.3 Å². The number of pyridine rings is 1. The molecular formula is C20H22N4O. The van der Waals surface area contributed by atoms with E-state index in [1.54, 1.807) is 18.5 Å². The van der Waals surface area contributed by atoms with Crippen LogP contribution in [-0.2, 0) is 12.1 Å². The average molecular weight is 334 g/mol. The maximum absolute atomic E-state index is 12.2. The zero-order valence-corrected chi connectivity index (χ0v) is 14.7. The Labute approximate surface area is 147 Å². The molecule has 5 nitrogen and oxygen atoms in total. The predicted octanol–water partition coefficient (Wildman–Crippen LogP) is 3.63. The minimum absolute atomic E-state index is 0.0739. The van der Waals surface area contributed by atoms with Crippen molar-refractivity contribution in [3.8, 4) is 11.3 Å². The van der Waals surface area contributed by atoms with Crippen LogP contribution < -0.4 is 5.32 Å². The van der Waals surface area contributed by atoms with E-state index in [1.807, 2.05) is 47.3 Å². The third-order valence-corrected chi connectivity index (χ3v) is 3.89. The molecule has 0 bridgehead atoms. The van der Waals surface area contributed by atoms with Crippen LogP contribution in [0.2, 0.25) is 0 Å². The summed E-state index contributed by atoms with van der Waals surface area (Å²) in [5.41, 5.74) is 3.27. The van der Waals surface area contributed by atoms with E-state index in [9.17, 15) is 4.79 Å². The number of rotatable bonds is 4. The summed E-state index contributed by atoms with van der Waals surface area (Å²) in [4.78, 5) is 16.6. The van der Waals surface area contributed by atoms with Crippen molar-refractivity contribution in [1.82, 2.24) is 20.1 Å². The van der Waals surface area contributed by atoms with E-state index in [2.05, 4.69) is 36.2 Å². The van der Waals surface area contributed by atoms with Crippen molar-refractivity contribution in [3.05, 3.63) is 72.2 Å². The molecule has 3 rings (SSSR count). The molecule has 3 aromatic rings. The minimum atomic E-state index is -0.131. The number of nitrogens with one attached hydrogen (secondary N) is 1. The Morgan fingerprint density at radius 1 is 1.08 bits per heavy atom. The molecule has 5 heteroatoms. The second-order valence-electron chi connectivity index (χ2n) is 6.94. The predicted molar refractivity (Wildman–Crippen MR) is 98.1 cm³/mol. The van der Waals surface area contributed by atoms with Crippen molar-refractivity contribution >= 4 is 5.91 Å². The van der Waals surface area contributed by atoms with Gasteiger partial charge in [-0.15, -0.1) is 0 Å². The molecule has 0 saturated carbocycles. The lowest BCUT2D eigenvalue weighted by molar-refractivity contribution is 0.0950. The zero-order chi connectivity index (χ0) is 17.9. The van der Waals surface area contributed by atoms with Gasteiger partial charge in [-0.1, -0.05) is 30.3 Å². The molecule has 0 atom stereocenters. The topological polar surface area (TPSA) is 59.8 Å². The molecule has 2 heterocycles. The van der Waals surface area contributed by atoms with Gasteiger partial charge >= 0.3 is 0 Å². The summed E-state index contributed by atoms with van der Waals surface area (Å²) in [7, 11) is 0. The fourth-order valence-corrected chi connectivity index (χ4v) is 2.40. The molecule has 0 aliphatic rings. The van der Waals surface area contributed by atoms with E-state index in [-0.39, 0.29) is 11.4 Å². The van der Waals surface area contributed by atoms with Crippen molar-refractivity contribution in [2.45, 2.75) is 32.9 Å². The van der Waals surface area contributed by atoms with E-state index >= 15 is 0 Å². The number of aromatic nitrogens is 3. The summed E-state index contributed by atoms with van der Waals surface area (Å²) < 4.78 is 1.91. The van der Waals surface area contributed by atoms with Crippen LogP contribution in [0.1, 0.15) is 36.7 Å². The first-order chi connectivity index (χ1) is 11.9. The lowest BCUT2D eigenvalue weighted by Gasteiger charge is -2.18. The Bertz CT molecular complexity index is 845. The van der Waals surface area contributed by atoms with Crippen LogP contribution in [-0.4, -0.2) is 20.7 Å². The van der Waals surface area contributed by atoms with Crippen molar-refractivity contribution in [2.24, 2.45) is 0 Å². The van der Waals surface area contributed by atoms with Gasteiger partial charge in [0.05, 0.1) is 23.0 Å². The Balaban J connectivity index is 1.67. The van der Waals surface area contributed by atoms with Crippen LogP contribution in [0.15, 0.2) is 61.1 Å². The molecule has 0 radical (unpaired) electrons. The van der Waals surface area contributed by atoms with Crippen molar-refractivity contribution in [1.29, 1.82) is 0 Å². The largest absolute Gasteiger partial charge is 0.348 e. The van der Waals surface area contributed by atoms with Crippen molar-refractivity contribution in [2.75, 3.05) is 0 Å². The summed E-state index contributed by atoms with van der Waals surface area (Å²) in [6.45, 7) is 6.78. The quantitative estimate of drug-likeness (QED) is 0.792. The van der Waals surface area contributed by atoms with Gasteiger partial charge in [0.1, 0.15) is 0 Å². The van der Waals surface area contributed by atoms with Crippen LogP contribution in [0.5, 0.6) is 0 Å². The summed E-state index contributed by atoms with van der Waals surface area (Å²) in [5, 5.41) is 7.28. The molecule has 1 N–H and O–H groups in total. The van der Waals surface area contributed by atoms with E-state index in [4.69, 9.17) is 0 Å². The van der Waals surface area contributed by atoms with Crippen molar-refractivity contribution in [3.63, 3.8) is 0 Å². The van der Waals surface area contributed by atoms with Gasteiger partial charge in [-0.3, -0.25) is 14.5 Å². The number of nitrogens with zero attached hydrogens (tertiary/aromatic N) is 3. The molecule has 2 aromatic heterocycles. The fourth-order valence-electron chi connectivity index (χ4n) is 2.40. The molecule has 128 valence electrons. The fraction of sp³-hybridized carbons (Fsp3) is 0.250. The molecule has 0 unspecified atom stereocenters. The van der Waals surface area contributed by atoms with E-state index < -0.39 is 0 Å². The second-order valence-corrected chi connectivity index (χ2v) is 6.94. The average Bonchev–Trinajstić information content (AvgIpc) is 3.11. The number of hydrogen-bond donors (Lipinski definition) is 1. The summed E-state index contributed by atoms with van der Waals surface area (Å²) in [6, 6.07) is 13.5. The molecule has 25 heavy (non-hydrogen) atoms. The molecule has 0 fully saturated rings. The third kappa shape index (κ3) is 4.12. The third-order valence-electron chi connectivity index (χ3n) is 3.89. The summed E-state index contributed by atoms with van der Waals surface area (Å²) in [5.74, 6) is -0.131. The number of benzene rings is 1. The van der Waals surface area contributed by atoms with Crippen LogP contribution in [0.4, 0.5) is 0 Å². The lowest BCUT2D eigenvalue weighted by atomic mass is 10.1.